The lowest BCUT2D eigenvalue weighted by Crippen LogP contribution is -2.34. The highest BCUT2D eigenvalue weighted by Crippen LogP contribution is 2.52. The van der Waals surface area contributed by atoms with Crippen molar-refractivity contribution in [3.05, 3.63) is 154 Å². The zero-order valence-corrected chi connectivity index (χ0v) is 20.4. The molecular weight excluding hydrogens is 464 g/mol. The molecule has 1 unspecified atom stereocenters. The van der Waals surface area contributed by atoms with Gasteiger partial charge in [0.15, 0.2) is 0 Å². The van der Waals surface area contributed by atoms with Gasteiger partial charge in [-0.15, -0.1) is 0 Å². The highest BCUT2D eigenvalue weighted by Gasteiger charge is 2.40. The summed E-state index contributed by atoms with van der Waals surface area (Å²) in [6, 6.07) is 41.2. The standard InChI is InChI=1S/C32H27Br/c1-32(27-17-19-28(33)20-18-27)22-21-31(32)30(26-15-9-4-10-16-26)23-29(24-11-5-2-6-12-24)25-13-7-3-8-14-25/h2-20,23H,21-22H2,1H3/b31-30-. The fraction of sp³-hybridized carbons (Fsp3) is 0.125. The van der Waals surface area contributed by atoms with Crippen LogP contribution < -0.4 is 0 Å². The van der Waals surface area contributed by atoms with Gasteiger partial charge in [-0.25, -0.2) is 0 Å². The second-order valence-electron chi connectivity index (χ2n) is 8.89. The fourth-order valence-electron chi connectivity index (χ4n) is 4.87. The highest BCUT2D eigenvalue weighted by molar-refractivity contribution is 9.10. The van der Waals surface area contributed by atoms with Crippen molar-refractivity contribution in [3.8, 4) is 0 Å². The van der Waals surface area contributed by atoms with Gasteiger partial charge in [0.05, 0.1) is 0 Å². The summed E-state index contributed by atoms with van der Waals surface area (Å²) in [6.45, 7) is 2.40. The van der Waals surface area contributed by atoms with Crippen molar-refractivity contribution < 1.29 is 0 Å². The topological polar surface area (TPSA) is 0 Å². The molecular formula is C32H27Br. The first-order chi connectivity index (χ1) is 16.1. The van der Waals surface area contributed by atoms with Crippen molar-refractivity contribution in [2.45, 2.75) is 25.2 Å². The van der Waals surface area contributed by atoms with Crippen molar-refractivity contribution in [1.29, 1.82) is 0 Å². The molecule has 0 heterocycles. The Kier molecular flexibility index (Phi) is 6.15. The van der Waals surface area contributed by atoms with Crippen LogP contribution in [0.5, 0.6) is 0 Å². The van der Waals surface area contributed by atoms with E-state index in [0.717, 1.165) is 10.9 Å². The van der Waals surface area contributed by atoms with Gasteiger partial charge in [-0.3, -0.25) is 0 Å². The second-order valence-corrected chi connectivity index (χ2v) is 9.80. The van der Waals surface area contributed by atoms with Gasteiger partial charge in [-0.05, 0) is 64.5 Å². The van der Waals surface area contributed by atoms with Crippen LogP contribution in [0.4, 0.5) is 0 Å². The lowest BCUT2D eigenvalue weighted by Gasteiger charge is -2.44. The van der Waals surface area contributed by atoms with Gasteiger partial charge in [-0.1, -0.05) is 132 Å². The molecule has 4 aromatic carbocycles. The van der Waals surface area contributed by atoms with E-state index in [2.05, 4.69) is 144 Å². The minimum atomic E-state index is 0.0425. The molecule has 0 aliphatic heterocycles. The SMILES string of the molecule is CC1(c2ccc(Br)cc2)CC/C1=C(\C=C(c1ccccc1)c1ccccc1)c1ccccc1. The molecule has 4 aromatic rings. The number of hydrogen-bond acceptors (Lipinski definition) is 0. The highest BCUT2D eigenvalue weighted by atomic mass is 79.9. The van der Waals surface area contributed by atoms with E-state index in [9.17, 15) is 0 Å². The van der Waals surface area contributed by atoms with Gasteiger partial charge in [0, 0.05) is 9.89 Å². The summed E-state index contributed by atoms with van der Waals surface area (Å²) in [7, 11) is 0. The Balaban J connectivity index is 1.73. The van der Waals surface area contributed by atoms with Crippen LogP contribution in [0.1, 0.15) is 42.0 Å². The molecule has 1 atom stereocenters. The molecule has 0 bridgehead atoms. The number of rotatable bonds is 5. The van der Waals surface area contributed by atoms with E-state index in [4.69, 9.17) is 0 Å². The molecule has 0 aromatic heterocycles. The van der Waals surface area contributed by atoms with E-state index in [0.29, 0.717) is 0 Å². The van der Waals surface area contributed by atoms with Gasteiger partial charge >= 0.3 is 0 Å². The molecule has 1 aliphatic carbocycles. The average Bonchev–Trinajstić information content (AvgIpc) is 2.87. The van der Waals surface area contributed by atoms with Crippen molar-refractivity contribution in [3.63, 3.8) is 0 Å². The smallest absolute Gasteiger partial charge is 0.0175 e. The van der Waals surface area contributed by atoms with Crippen LogP contribution in [0.2, 0.25) is 0 Å². The Morgan fingerprint density at radius 1 is 0.667 bits per heavy atom. The van der Waals surface area contributed by atoms with E-state index in [-0.39, 0.29) is 5.41 Å². The van der Waals surface area contributed by atoms with Crippen molar-refractivity contribution in [2.75, 3.05) is 0 Å². The van der Waals surface area contributed by atoms with E-state index in [1.165, 1.54) is 45.4 Å². The molecule has 1 aliphatic rings. The first kappa shape index (κ1) is 21.7. The number of allylic oxidation sites excluding steroid dienone is 3. The lowest BCUT2D eigenvalue weighted by atomic mass is 9.60. The average molecular weight is 491 g/mol. The Labute approximate surface area is 205 Å². The van der Waals surface area contributed by atoms with Crippen LogP contribution in [0.3, 0.4) is 0 Å². The summed E-state index contributed by atoms with van der Waals surface area (Å²) in [5, 5.41) is 0. The zero-order chi connectivity index (χ0) is 22.7. The fourth-order valence-corrected chi connectivity index (χ4v) is 5.13. The zero-order valence-electron chi connectivity index (χ0n) is 18.8. The Morgan fingerprint density at radius 2 is 1.15 bits per heavy atom. The van der Waals surface area contributed by atoms with Gasteiger partial charge in [-0.2, -0.15) is 0 Å². The summed E-state index contributed by atoms with van der Waals surface area (Å²) in [5.41, 5.74) is 9.29. The normalized spacial score (nSPS) is 18.8. The van der Waals surface area contributed by atoms with E-state index in [1.807, 2.05) is 0 Å². The maximum absolute atomic E-state index is 3.60. The second kappa shape index (κ2) is 9.37. The van der Waals surface area contributed by atoms with E-state index in [1.54, 1.807) is 0 Å². The van der Waals surface area contributed by atoms with Crippen LogP contribution in [-0.4, -0.2) is 0 Å². The van der Waals surface area contributed by atoms with Gasteiger partial charge in [0.25, 0.3) is 0 Å². The van der Waals surface area contributed by atoms with E-state index < -0.39 is 0 Å². The predicted molar refractivity (Wildman–Crippen MR) is 144 cm³/mol. The number of halogens is 1. The summed E-state index contributed by atoms with van der Waals surface area (Å²) >= 11 is 3.60. The first-order valence-corrected chi connectivity index (χ1v) is 12.3. The Morgan fingerprint density at radius 3 is 1.61 bits per heavy atom. The third-order valence-electron chi connectivity index (χ3n) is 6.89. The van der Waals surface area contributed by atoms with Crippen molar-refractivity contribution in [2.24, 2.45) is 0 Å². The van der Waals surface area contributed by atoms with Crippen molar-refractivity contribution in [1.82, 2.24) is 0 Å². The predicted octanol–water partition coefficient (Wildman–Crippen LogP) is 9.09. The van der Waals surface area contributed by atoms with Crippen LogP contribution in [0.15, 0.2) is 131 Å². The summed E-state index contributed by atoms with van der Waals surface area (Å²) in [4.78, 5) is 0. The number of benzene rings is 4. The van der Waals surface area contributed by atoms with Gasteiger partial charge < -0.3 is 0 Å². The van der Waals surface area contributed by atoms with Crippen molar-refractivity contribution >= 4 is 27.1 Å². The minimum absolute atomic E-state index is 0.0425. The molecule has 1 saturated carbocycles. The van der Waals surface area contributed by atoms with Crippen LogP contribution in [0, 0.1) is 0 Å². The Hall–Kier alpha value is -3.16. The summed E-state index contributed by atoms with van der Waals surface area (Å²) in [6.07, 6.45) is 4.70. The molecule has 0 amide bonds. The minimum Gasteiger partial charge on any atom is -0.0622 e. The molecule has 162 valence electrons. The van der Waals surface area contributed by atoms with Gasteiger partial charge in [0.2, 0.25) is 0 Å². The third-order valence-corrected chi connectivity index (χ3v) is 7.42. The molecule has 33 heavy (non-hydrogen) atoms. The molecule has 5 rings (SSSR count). The molecule has 0 nitrogen and oxygen atoms in total. The Bertz CT molecular complexity index is 1240. The molecule has 0 saturated heterocycles. The largest absolute Gasteiger partial charge is 0.0622 e. The van der Waals surface area contributed by atoms with Gasteiger partial charge in [0.1, 0.15) is 0 Å². The summed E-state index contributed by atoms with van der Waals surface area (Å²) in [5.74, 6) is 0. The van der Waals surface area contributed by atoms with Crippen LogP contribution in [0.25, 0.3) is 11.1 Å². The van der Waals surface area contributed by atoms with Crippen LogP contribution in [-0.2, 0) is 5.41 Å². The third kappa shape index (κ3) is 4.38. The molecule has 0 N–H and O–H groups in total. The number of hydrogen-bond donors (Lipinski definition) is 0. The maximum atomic E-state index is 3.60. The molecule has 0 radical (unpaired) electrons. The molecule has 1 heteroatoms. The molecule has 1 fully saturated rings. The maximum Gasteiger partial charge on any atom is 0.0175 e. The first-order valence-electron chi connectivity index (χ1n) is 11.5. The lowest BCUT2D eigenvalue weighted by molar-refractivity contribution is 0.398. The van der Waals surface area contributed by atoms with E-state index >= 15 is 0 Å². The molecule has 0 spiro atoms. The quantitative estimate of drug-likeness (QED) is 0.261. The summed E-state index contributed by atoms with van der Waals surface area (Å²) < 4.78 is 1.12. The van der Waals surface area contributed by atoms with Crippen LogP contribution >= 0.6 is 15.9 Å². The monoisotopic (exact) mass is 490 g/mol.